The SMILES string of the molecule is Cc1cnc(NC(=O)CN2CC3(CCOCC3)Oc3ccc(Cl)cc3C2=O)s1. The molecular weight excluding hydrogens is 402 g/mol. The van der Waals surface area contributed by atoms with E-state index in [0.29, 0.717) is 54.1 Å². The van der Waals surface area contributed by atoms with Crippen molar-refractivity contribution in [2.24, 2.45) is 0 Å². The molecule has 2 amide bonds. The first kappa shape index (κ1) is 19.2. The van der Waals surface area contributed by atoms with Crippen molar-refractivity contribution in [3.05, 3.63) is 39.9 Å². The molecule has 1 spiro atoms. The number of amides is 2. The van der Waals surface area contributed by atoms with Crippen LogP contribution in [0.15, 0.2) is 24.4 Å². The average molecular weight is 422 g/mol. The number of carbonyl (C=O) groups is 2. The molecule has 0 bridgehead atoms. The Hall–Kier alpha value is -2.16. The lowest BCUT2D eigenvalue weighted by molar-refractivity contribution is -0.117. The van der Waals surface area contributed by atoms with Crippen LogP contribution >= 0.6 is 22.9 Å². The number of halogens is 1. The van der Waals surface area contributed by atoms with E-state index in [1.165, 1.54) is 16.2 Å². The van der Waals surface area contributed by atoms with Crippen molar-refractivity contribution in [3.8, 4) is 5.75 Å². The number of aryl methyl sites for hydroxylation is 1. The maximum atomic E-state index is 13.2. The quantitative estimate of drug-likeness (QED) is 0.823. The monoisotopic (exact) mass is 421 g/mol. The van der Waals surface area contributed by atoms with Crippen molar-refractivity contribution in [2.45, 2.75) is 25.4 Å². The number of carbonyl (C=O) groups excluding carboxylic acids is 2. The van der Waals surface area contributed by atoms with E-state index in [1.807, 2.05) is 6.92 Å². The van der Waals surface area contributed by atoms with E-state index in [4.69, 9.17) is 21.1 Å². The molecular formula is C19H20ClN3O4S. The summed E-state index contributed by atoms with van der Waals surface area (Å²) in [5.41, 5.74) is -0.209. The molecule has 0 aliphatic carbocycles. The molecule has 3 heterocycles. The van der Waals surface area contributed by atoms with Gasteiger partial charge in [0.15, 0.2) is 5.13 Å². The molecule has 1 saturated heterocycles. The van der Waals surface area contributed by atoms with Crippen LogP contribution in [0.3, 0.4) is 0 Å². The van der Waals surface area contributed by atoms with Crippen molar-refractivity contribution in [3.63, 3.8) is 0 Å². The summed E-state index contributed by atoms with van der Waals surface area (Å²) >= 11 is 7.49. The minimum atomic E-state index is -0.578. The van der Waals surface area contributed by atoms with E-state index in [1.54, 1.807) is 24.4 Å². The molecule has 0 saturated carbocycles. The van der Waals surface area contributed by atoms with Gasteiger partial charge in [-0.05, 0) is 25.1 Å². The van der Waals surface area contributed by atoms with Crippen LogP contribution in [-0.4, -0.2) is 53.6 Å². The van der Waals surface area contributed by atoms with Crippen LogP contribution in [0.25, 0.3) is 0 Å². The smallest absolute Gasteiger partial charge is 0.258 e. The van der Waals surface area contributed by atoms with Gasteiger partial charge in [0.05, 0.1) is 25.3 Å². The normalized spacial score (nSPS) is 18.4. The number of hydrogen-bond donors (Lipinski definition) is 1. The Morgan fingerprint density at radius 1 is 1.39 bits per heavy atom. The molecule has 1 aromatic carbocycles. The van der Waals surface area contributed by atoms with Crippen molar-refractivity contribution < 1.29 is 19.1 Å². The minimum Gasteiger partial charge on any atom is -0.484 e. The maximum absolute atomic E-state index is 13.2. The first-order valence-corrected chi connectivity index (χ1v) is 10.2. The van der Waals surface area contributed by atoms with Crippen molar-refractivity contribution in [1.82, 2.24) is 9.88 Å². The molecule has 0 radical (unpaired) electrons. The van der Waals surface area contributed by atoms with Gasteiger partial charge in [-0.1, -0.05) is 11.6 Å². The third-order valence-corrected chi connectivity index (χ3v) is 5.93. The Balaban J connectivity index is 1.60. The molecule has 0 unspecified atom stereocenters. The van der Waals surface area contributed by atoms with E-state index in [-0.39, 0.29) is 18.4 Å². The van der Waals surface area contributed by atoms with Crippen LogP contribution in [0.2, 0.25) is 5.02 Å². The van der Waals surface area contributed by atoms with Crippen LogP contribution in [0.4, 0.5) is 5.13 Å². The number of thiazole rings is 1. The highest BCUT2D eigenvalue weighted by Gasteiger charge is 2.42. The molecule has 2 aliphatic heterocycles. The predicted octanol–water partition coefficient (Wildman–Crippen LogP) is 3.13. The van der Waals surface area contributed by atoms with Gasteiger partial charge in [0.2, 0.25) is 5.91 Å². The number of nitrogens with zero attached hydrogens (tertiary/aromatic N) is 2. The number of nitrogens with one attached hydrogen (secondary N) is 1. The van der Waals surface area contributed by atoms with E-state index in [0.717, 1.165) is 4.88 Å². The Kier molecular flexibility index (Phi) is 5.27. The number of aromatic nitrogens is 1. The van der Waals surface area contributed by atoms with E-state index >= 15 is 0 Å². The molecule has 2 aromatic rings. The number of hydrogen-bond acceptors (Lipinski definition) is 6. The highest BCUT2D eigenvalue weighted by Crippen LogP contribution is 2.36. The van der Waals surface area contributed by atoms with Crippen LogP contribution in [0.1, 0.15) is 28.1 Å². The van der Waals surface area contributed by atoms with Gasteiger partial charge < -0.3 is 19.7 Å². The second-order valence-corrected chi connectivity index (χ2v) is 8.69. The van der Waals surface area contributed by atoms with Gasteiger partial charge in [0.1, 0.15) is 17.9 Å². The second-order valence-electron chi connectivity index (χ2n) is 7.02. The standard InChI is InChI=1S/C19H20ClN3O4S/c1-12-9-21-18(28-12)22-16(24)10-23-11-19(4-6-26-7-5-19)27-15-3-2-13(20)8-14(15)17(23)25/h2-3,8-9H,4-7,10-11H2,1H3,(H,21,22,24). The Labute approximate surface area is 171 Å². The van der Waals surface area contributed by atoms with Crippen molar-refractivity contribution in [2.75, 3.05) is 31.6 Å². The maximum Gasteiger partial charge on any atom is 0.258 e. The fourth-order valence-corrected chi connectivity index (χ4v) is 4.34. The van der Waals surface area contributed by atoms with Crippen LogP contribution in [0.5, 0.6) is 5.75 Å². The summed E-state index contributed by atoms with van der Waals surface area (Å²) in [4.78, 5) is 32.4. The molecule has 4 rings (SSSR count). The third-order valence-electron chi connectivity index (χ3n) is 4.87. The summed E-state index contributed by atoms with van der Waals surface area (Å²) in [6.45, 7) is 3.24. The van der Waals surface area contributed by atoms with Gasteiger partial charge in [-0.3, -0.25) is 9.59 Å². The number of ether oxygens (including phenoxy) is 2. The Morgan fingerprint density at radius 2 is 2.18 bits per heavy atom. The molecule has 0 atom stereocenters. The molecule has 9 heteroatoms. The summed E-state index contributed by atoms with van der Waals surface area (Å²) < 4.78 is 11.8. The van der Waals surface area contributed by atoms with E-state index in [9.17, 15) is 9.59 Å². The lowest BCUT2D eigenvalue weighted by atomic mass is 9.93. The van der Waals surface area contributed by atoms with Crippen LogP contribution in [0, 0.1) is 6.92 Å². The minimum absolute atomic E-state index is 0.0879. The van der Waals surface area contributed by atoms with Gasteiger partial charge in [-0.15, -0.1) is 11.3 Å². The lowest BCUT2D eigenvalue weighted by Crippen LogP contribution is -2.52. The first-order valence-electron chi connectivity index (χ1n) is 9.02. The van der Waals surface area contributed by atoms with Gasteiger partial charge >= 0.3 is 0 Å². The summed E-state index contributed by atoms with van der Waals surface area (Å²) in [6, 6.07) is 5.01. The zero-order chi connectivity index (χ0) is 19.7. The third kappa shape index (κ3) is 3.99. The van der Waals surface area contributed by atoms with E-state index < -0.39 is 5.60 Å². The number of fused-ring (bicyclic) bond motifs is 1. The zero-order valence-electron chi connectivity index (χ0n) is 15.4. The fraction of sp³-hybridized carbons (Fsp3) is 0.421. The molecule has 148 valence electrons. The summed E-state index contributed by atoms with van der Waals surface area (Å²) in [5.74, 6) is -0.0727. The topological polar surface area (TPSA) is 80.8 Å². The van der Waals surface area contributed by atoms with Gasteiger partial charge in [0, 0.05) is 28.9 Å². The molecule has 7 nitrogen and oxygen atoms in total. The number of rotatable bonds is 3. The summed E-state index contributed by atoms with van der Waals surface area (Å²) in [7, 11) is 0. The number of benzene rings is 1. The van der Waals surface area contributed by atoms with E-state index in [2.05, 4.69) is 10.3 Å². The molecule has 28 heavy (non-hydrogen) atoms. The zero-order valence-corrected chi connectivity index (χ0v) is 16.9. The molecule has 1 N–H and O–H groups in total. The van der Waals surface area contributed by atoms with Gasteiger partial charge in [-0.25, -0.2) is 4.98 Å². The fourth-order valence-electron chi connectivity index (χ4n) is 3.49. The second kappa shape index (κ2) is 7.69. The predicted molar refractivity (Wildman–Crippen MR) is 106 cm³/mol. The largest absolute Gasteiger partial charge is 0.484 e. The highest BCUT2D eigenvalue weighted by molar-refractivity contribution is 7.15. The van der Waals surface area contributed by atoms with Gasteiger partial charge in [-0.2, -0.15) is 0 Å². The van der Waals surface area contributed by atoms with Crippen LogP contribution < -0.4 is 10.1 Å². The molecule has 1 fully saturated rings. The highest BCUT2D eigenvalue weighted by atomic mass is 35.5. The average Bonchev–Trinajstić information content (AvgIpc) is 3.03. The Morgan fingerprint density at radius 3 is 2.89 bits per heavy atom. The summed E-state index contributed by atoms with van der Waals surface area (Å²) in [5, 5.41) is 3.73. The van der Waals surface area contributed by atoms with Crippen molar-refractivity contribution >= 4 is 39.9 Å². The van der Waals surface area contributed by atoms with Gasteiger partial charge in [0.25, 0.3) is 5.91 Å². The molecule has 1 aromatic heterocycles. The first-order chi connectivity index (χ1) is 13.4. The van der Waals surface area contributed by atoms with Crippen LogP contribution in [-0.2, 0) is 9.53 Å². The summed E-state index contributed by atoms with van der Waals surface area (Å²) in [6.07, 6.45) is 2.98. The molecule has 2 aliphatic rings. The van der Waals surface area contributed by atoms with Crippen molar-refractivity contribution in [1.29, 1.82) is 0 Å². The lowest BCUT2D eigenvalue weighted by Gasteiger charge is -2.38. The Bertz CT molecular complexity index is 910. The number of anilines is 1.